The van der Waals surface area contributed by atoms with E-state index in [0.29, 0.717) is 12.8 Å². The van der Waals surface area contributed by atoms with E-state index in [4.69, 9.17) is 14.5 Å². The van der Waals surface area contributed by atoms with E-state index in [1.165, 1.54) is 44.9 Å². The lowest BCUT2D eigenvalue weighted by atomic mass is 10.1. The number of benzene rings is 1. The van der Waals surface area contributed by atoms with Crippen molar-refractivity contribution in [3.05, 3.63) is 29.8 Å². The molecule has 0 saturated carbocycles. The van der Waals surface area contributed by atoms with Gasteiger partial charge in [-0.1, -0.05) is 64.0 Å². The molecule has 0 unspecified atom stereocenters. The fourth-order valence-electron chi connectivity index (χ4n) is 3.49. The molecular weight excluding hydrogens is 405 g/mol. The second-order valence-corrected chi connectivity index (χ2v) is 9.18. The van der Waals surface area contributed by atoms with Gasteiger partial charge in [-0.25, -0.2) is 4.57 Å². The van der Waals surface area contributed by atoms with Gasteiger partial charge in [-0.3, -0.25) is 9.32 Å². The first-order valence-corrected chi connectivity index (χ1v) is 12.6. The number of phosphoric ester groups is 1. The number of amides is 1. The molecule has 1 fully saturated rings. The Morgan fingerprint density at radius 3 is 2.23 bits per heavy atom. The summed E-state index contributed by atoms with van der Waals surface area (Å²) in [6.07, 6.45) is 10.6. The fourth-order valence-corrected chi connectivity index (χ4v) is 4.01. The Morgan fingerprint density at radius 2 is 1.63 bits per heavy atom. The van der Waals surface area contributed by atoms with Gasteiger partial charge in [-0.15, -0.1) is 0 Å². The molecule has 0 aliphatic carbocycles. The first kappa shape index (κ1) is 24.9. The maximum absolute atomic E-state index is 12.1. The van der Waals surface area contributed by atoms with Crippen LogP contribution in [-0.4, -0.2) is 46.4 Å². The summed E-state index contributed by atoms with van der Waals surface area (Å²) in [5.74, 6) is 0.823. The zero-order chi connectivity index (χ0) is 21.8. The topological polar surface area (TPSA) is 96.3 Å². The number of nitrogens with zero attached hydrogens (tertiary/aromatic N) is 1. The zero-order valence-corrected chi connectivity index (χ0v) is 18.9. The number of carbonyl (C=O) groups is 1. The van der Waals surface area contributed by atoms with Crippen LogP contribution in [0, 0.1) is 0 Å². The molecule has 7 nitrogen and oxygen atoms in total. The highest BCUT2D eigenvalue weighted by Gasteiger charge is 2.35. The van der Waals surface area contributed by atoms with E-state index < -0.39 is 13.9 Å². The molecule has 2 N–H and O–H groups in total. The predicted octanol–water partition coefficient (Wildman–Crippen LogP) is 4.46. The molecule has 0 bridgehead atoms. The Bertz CT molecular complexity index is 669. The van der Waals surface area contributed by atoms with Gasteiger partial charge < -0.3 is 19.4 Å². The number of hydrogen-bond donors (Lipinski definition) is 2. The molecule has 1 aliphatic heterocycles. The van der Waals surface area contributed by atoms with Crippen molar-refractivity contribution in [3.8, 4) is 5.75 Å². The lowest BCUT2D eigenvalue weighted by Crippen LogP contribution is -2.54. The molecule has 1 saturated heterocycles. The third kappa shape index (κ3) is 10.1. The van der Waals surface area contributed by atoms with E-state index in [2.05, 4.69) is 11.4 Å². The largest absolute Gasteiger partial charge is 0.494 e. The molecular formula is C22H36NO6P. The summed E-state index contributed by atoms with van der Waals surface area (Å²) in [7, 11) is -4.48. The van der Waals surface area contributed by atoms with Crippen LogP contribution in [0.15, 0.2) is 24.3 Å². The molecule has 1 heterocycles. The monoisotopic (exact) mass is 441 g/mol. The molecule has 0 spiro atoms. The number of hydrogen-bond acceptors (Lipinski definition) is 4. The van der Waals surface area contributed by atoms with Crippen molar-refractivity contribution >= 4 is 13.7 Å². The second kappa shape index (κ2) is 13.1. The van der Waals surface area contributed by atoms with E-state index in [9.17, 15) is 9.36 Å². The molecule has 1 aromatic rings. The summed E-state index contributed by atoms with van der Waals surface area (Å²) in [5, 5.41) is 0. The molecule has 2 rings (SSSR count). The molecule has 1 amide bonds. The maximum atomic E-state index is 12.1. The molecule has 0 atom stereocenters. The SMILES string of the molecule is CCCCCCCCCCOc1ccc(CCC(=O)N2CC(OP(=O)(O)O)C2)cc1. The third-order valence-electron chi connectivity index (χ3n) is 5.30. The predicted molar refractivity (Wildman–Crippen MR) is 116 cm³/mol. The van der Waals surface area contributed by atoms with Crippen molar-refractivity contribution < 1.29 is 28.4 Å². The summed E-state index contributed by atoms with van der Waals surface area (Å²) >= 11 is 0. The van der Waals surface area contributed by atoms with Crippen LogP contribution in [0.1, 0.15) is 70.3 Å². The Hall–Kier alpha value is -1.40. The molecule has 1 aliphatic rings. The second-order valence-electron chi connectivity index (χ2n) is 7.98. The normalized spacial score (nSPS) is 14.6. The van der Waals surface area contributed by atoms with Crippen molar-refractivity contribution in [1.82, 2.24) is 4.90 Å². The standard InChI is InChI=1S/C22H36NO6P/c1-2-3-4-5-6-7-8-9-16-28-20-13-10-19(11-14-20)12-15-22(24)23-17-21(18-23)29-30(25,26)27/h10-11,13-14,21H,2-9,12,15-18H2,1H3,(H2,25,26,27). The van der Waals surface area contributed by atoms with E-state index in [1.54, 1.807) is 4.90 Å². The van der Waals surface area contributed by atoms with Crippen molar-refractivity contribution in [2.45, 2.75) is 77.2 Å². The summed E-state index contributed by atoms with van der Waals surface area (Å²) < 4.78 is 21.1. The van der Waals surface area contributed by atoms with Crippen LogP contribution in [0.3, 0.4) is 0 Å². The summed E-state index contributed by atoms with van der Waals surface area (Å²) in [5.41, 5.74) is 1.06. The van der Waals surface area contributed by atoms with Gasteiger partial charge >= 0.3 is 7.82 Å². The average molecular weight is 442 g/mol. The molecule has 0 radical (unpaired) electrons. The average Bonchev–Trinajstić information content (AvgIpc) is 2.67. The third-order valence-corrected chi connectivity index (χ3v) is 5.88. The lowest BCUT2D eigenvalue weighted by molar-refractivity contribution is -0.140. The number of unbranched alkanes of at least 4 members (excludes halogenated alkanes) is 7. The van der Waals surface area contributed by atoms with Gasteiger partial charge in [0.25, 0.3) is 0 Å². The minimum absolute atomic E-state index is 0.0319. The van der Waals surface area contributed by atoms with E-state index in [1.807, 2.05) is 24.3 Å². The summed E-state index contributed by atoms with van der Waals surface area (Å²) in [6.45, 7) is 3.44. The molecule has 1 aromatic carbocycles. The smallest absolute Gasteiger partial charge is 0.469 e. The number of ether oxygens (including phenoxy) is 1. The van der Waals surface area contributed by atoms with Crippen molar-refractivity contribution in [2.75, 3.05) is 19.7 Å². The summed E-state index contributed by atoms with van der Waals surface area (Å²) in [6, 6.07) is 7.84. The molecule has 0 aromatic heterocycles. The fraction of sp³-hybridized carbons (Fsp3) is 0.682. The highest BCUT2D eigenvalue weighted by molar-refractivity contribution is 7.46. The van der Waals surface area contributed by atoms with Crippen LogP contribution in [0.25, 0.3) is 0 Å². The van der Waals surface area contributed by atoms with Gasteiger partial charge in [0.1, 0.15) is 11.9 Å². The number of carbonyl (C=O) groups excluding carboxylic acids is 1. The Kier molecular flexibility index (Phi) is 10.9. The van der Waals surface area contributed by atoms with E-state index in [0.717, 1.165) is 24.3 Å². The van der Waals surface area contributed by atoms with Gasteiger partial charge in [0, 0.05) is 19.5 Å². The number of aryl methyl sites for hydroxylation is 1. The van der Waals surface area contributed by atoms with Crippen LogP contribution >= 0.6 is 7.82 Å². The van der Waals surface area contributed by atoms with Crippen LogP contribution < -0.4 is 4.74 Å². The highest BCUT2D eigenvalue weighted by Crippen LogP contribution is 2.39. The molecule has 170 valence electrons. The number of rotatable bonds is 15. The van der Waals surface area contributed by atoms with Crippen molar-refractivity contribution in [2.24, 2.45) is 0 Å². The minimum atomic E-state index is -4.48. The van der Waals surface area contributed by atoms with Gasteiger partial charge in [0.2, 0.25) is 5.91 Å². The van der Waals surface area contributed by atoms with Gasteiger partial charge in [-0.2, -0.15) is 0 Å². The van der Waals surface area contributed by atoms with Crippen LogP contribution in [-0.2, 0) is 20.3 Å². The molecule has 8 heteroatoms. The van der Waals surface area contributed by atoms with E-state index >= 15 is 0 Å². The van der Waals surface area contributed by atoms with Crippen LogP contribution in [0.4, 0.5) is 0 Å². The Labute approximate surface area is 180 Å². The van der Waals surface area contributed by atoms with Crippen molar-refractivity contribution in [3.63, 3.8) is 0 Å². The number of phosphoric acid groups is 1. The Balaban J connectivity index is 1.53. The lowest BCUT2D eigenvalue weighted by Gasteiger charge is -2.38. The zero-order valence-electron chi connectivity index (χ0n) is 18.0. The van der Waals surface area contributed by atoms with Gasteiger partial charge in [-0.05, 0) is 30.5 Å². The minimum Gasteiger partial charge on any atom is -0.494 e. The van der Waals surface area contributed by atoms with Crippen LogP contribution in [0.2, 0.25) is 0 Å². The highest BCUT2D eigenvalue weighted by atomic mass is 31.2. The van der Waals surface area contributed by atoms with E-state index in [-0.39, 0.29) is 19.0 Å². The first-order valence-electron chi connectivity index (χ1n) is 11.1. The maximum Gasteiger partial charge on any atom is 0.469 e. The van der Waals surface area contributed by atoms with Gasteiger partial charge in [0.15, 0.2) is 0 Å². The molecule has 30 heavy (non-hydrogen) atoms. The quantitative estimate of drug-likeness (QED) is 0.308. The van der Waals surface area contributed by atoms with Crippen LogP contribution in [0.5, 0.6) is 5.75 Å². The van der Waals surface area contributed by atoms with Crippen molar-refractivity contribution in [1.29, 1.82) is 0 Å². The first-order chi connectivity index (χ1) is 14.4. The summed E-state index contributed by atoms with van der Waals surface area (Å²) in [4.78, 5) is 31.2. The number of likely N-dealkylation sites (tertiary alicyclic amines) is 1. The van der Waals surface area contributed by atoms with Gasteiger partial charge in [0.05, 0.1) is 6.61 Å². The Morgan fingerprint density at radius 1 is 1.03 bits per heavy atom.